The van der Waals surface area contributed by atoms with Crippen LogP contribution in [0.2, 0.25) is 0 Å². The predicted octanol–water partition coefficient (Wildman–Crippen LogP) is 2.24. The predicted molar refractivity (Wildman–Crippen MR) is 79.8 cm³/mol. The van der Waals surface area contributed by atoms with Gasteiger partial charge < -0.3 is 14.8 Å². The first kappa shape index (κ1) is 13.7. The van der Waals surface area contributed by atoms with Crippen LogP contribution in [0.3, 0.4) is 0 Å². The van der Waals surface area contributed by atoms with Gasteiger partial charge >= 0.3 is 0 Å². The molecule has 1 aliphatic heterocycles. The molecule has 0 saturated heterocycles. The lowest BCUT2D eigenvalue weighted by Crippen LogP contribution is -2.14. The molecular weight excluding hydrogens is 268 g/mol. The highest BCUT2D eigenvalue weighted by Gasteiger charge is 2.15. The van der Waals surface area contributed by atoms with E-state index in [4.69, 9.17) is 9.47 Å². The van der Waals surface area contributed by atoms with Gasteiger partial charge in [0.05, 0.1) is 14.2 Å². The van der Waals surface area contributed by atoms with E-state index in [1.54, 1.807) is 14.2 Å². The van der Waals surface area contributed by atoms with Crippen LogP contribution in [0.1, 0.15) is 24.2 Å². The average molecular weight is 288 g/mol. The third-order valence-corrected chi connectivity index (χ3v) is 3.78. The van der Waals surface area contributed by atoms with Crippen molar-refractivity contribution >= 4 is 5.95 Å². The van der Waals surface area contributed by atoms with Gasteiger partial charge in [0.1, 0.15) is 17.3 Å². The zero-order chi connectivity index (χ0) is 14.7. The van der Waals surface area contributed by atoms with Gasteiger partial charge in [0, 0.05) is 25.1 Å². The van der Waals surface area contributed by atoms with Gasteiger partial charge in [-0.1, -0.05) is 0 Å². The number of fused-ring (bicyclic) bond motifs is 1. The molecule has 1 aliphatic rings. The molecule has 2 heterocycles. The molecular formula is C15H20N4O2. The number of nitrogens with one attached hydrogen (secondary N) is 1. The SMILES string of the molecule is COc1ccc(OC)c(CNc2nnc3n2CCCC3)c1. The Morgan fingerprint density at radius 2 is 2.10 bits per heavy atom. The molecule has 0 radical (unpaired) electrons. The standard InChI is InChI=1S/C15H20N4O2/c1-20-12-6-7-13(21-2)11(9-12)10-16-15-18-17-14-5-3-4-8-19(14)15/h6-7,9H,3-5,8,10H2,1-2H3,(H,16,18). The number of aryl methyl sites for hydroxylation is 1. The Balaban J connectivity index is 1.77. The summed E-state index contributed by atoms with van der Waals surface area (Å²) >= 11 is 0. The van der Waals surface area contributed by atoms with Gasteiger partial charge in [-0.3, -0.25) is 4.57 Å². The van der Waals surface area contributed by atoms with E-state index < -0.39 is 0 Å². The Hall–Kier alpha value is -2.24. The molecule has 0 saturated carbocycles. The van der Waals surface area contributed by atoms with Crippen LogP contribution in [0.4, 0.5) is 5.95 Å². The second-order valence-electron chi connectivity index (χ2n) is 5.08. The smallest absolute Gasteiger partial charge is 0.224 e. The molecule has 0 fully saturated rings. The molecule has 0 amide bonds. The van der Waals surface area contributed by atoms with Crippen LogP contribution in [-0.4, -0.2) is 29.0 Å². The fraction of sp³-hybridized carbons (Fsp3) is 0.467. The normalized spacial score (nSPS) is 13.6. The minimum atomic E-state index is 0.624. The quantitative estimate of drug-likeness (QED) is 0.914. The summed E-state index contributed by atoms with van der Waals surface area (Å²) in [5.41, 5.74) is 1.03. The molecule has 0 atom stereocenters. The van der Waals surface area contributed by atoms with Crippen LogP contribution in [0.25, 0.3) is 0 Å². The number of methoxy groups -OCH3 is 2. The van der Waals surface area contributed by atoms with E-state index in [0.29, 0.717) is 6.54 Å². The van der Waals surface area contributed by atoms with Gasteiger partial charge in [0.2, 0.25) is 5.95 Å². The van der Waals surface area contributed by atoms with Crippen molar-refractivity contribution in [3.63, 3.8) is 0 Å². The van der Waals surface area contributed by atoms with Gasteiger partial charge in [-0.2, -0.15) is 0 Å². The number of hydrogen-bond donors (Lipinski definition) is 1. The summed E-state index contributed by atoms with van der Waals surface area (Å²) in [5.74, 6) is 3.55. The third-order valence-electron chi connectivity index (χ3n) is 3.78. The maximum absolute atomic E-state index is 5.39. The molecule has 0 bridgehead atoms. The number of aromatic nitrogens is 3. The number of nitrogens with zero attached hydrogens (tertiary/aromatic N) is 3. The molecule has 2 aromatic rings. The van der Waals surface area contributed by atoms with E-state index in [1.807, 2.05) is 18.2 Å². The highest BCUT2D eigenvalue weighted by molar-refractivity contribution is 5.42. The van der Waals surface area contributed by atoms with Crippen molar-refractivity contribution in [2.24, 2.45) is 0 Å². The second kappa shape index (κ2) is 6.03. The van der Waals surface area contributed by atoms with Crippen molar-refractivity contribution < 1.29 is 9.47 Å². The zero-order valence-corrected chi connectivity index (χ0v) is 12.4. The first-order chi connectivity index (χ1) is 10.3. The van der Waals surface area contributed by atoms with Crippen molar-refractivity contribution in [2.45, 2.75) is 32.4 Å². The van der Waals surface area contributed by atoms with E-state index in [0.717, 1.165) is 41.8 Å². The Morgan fingerprint density at radius 1 is 1.19 bits per heavy atom. The molecule has 1 aromatic carbocycles. The number of rotatable bonds is 5. The van der Waals surface area contributed by atoms with Gasteiger partial charge in [-0.05, 0) is 31.0 Å². The summed E-state index contributed by atoms with van der Waals surface area (Å²) in [6.07, 6.45) is 3.39. The Kier molecular flexibility index (Phi) is 3.94. The minimum absolute atomic E-state index is 0.624. The minimum Gasteiger partial charge on any atom is -0.497 e. The van der Waals surface area contributed by atoms with Crippen LogP contribution in [0.5, 0.6) is 11.5 Å². The first-order valence-corrected chi connectivity index (χ1v) is 7.18. The monoisotopic (exact) mass is 288 g/mol. The lowest BCUT2D eigenvalue weighted by atomic mass is 10.1. The lowest BCUT2D eigenvalue weighted by Gasteiger charge is -2.16. The van der Waals surface area contributed by atoms with Crippen LogP contribution < -0.4 is 14.8 Å². The topological polar surface area (TPSA) is 61.2 Å². The van der Waals surface area contributed by atoms with Gasteiger partial charge in [-0.15, -0.1) is 10.2 Å². The number of benzene rings is 1. The molecule has 1 aromatic heterocycles. The summed E-state index contributed by atoms with van der Waals surface area (Å²) in [4.78, 5) is 0. The maximum atomic E-state index is 5.39. The Bertz CT molecular complexity index is 624. The molecule has 1 N–H and O–H groups in total. The first-order valence-electron chi connectivity index (χ1n) is 7.18. The highest BCUT2D eigenvalue weighted by Crippen LogP contribution is 2.25. The second-order valence-corrected chi connectivity index (χ2v) is 5.08. The van der Waals surface area contributed by atoms with E-state index in [1.165, 1.54) is 12.8 Å². The summed E-state index contributed by atoms with van der Waals surface area (Å²) in [6.45, 7) is 1.61. The Morgan fingerprint density at radius 3 is 2.90 bits per heavy atom. The summed E-state index contributed by atoms with van der Waals surface area (Å²) in [5, 5.41) is 11.8. The average Bonchev–Trinajstić information content (AvgIpc) is 2.96. The maximum Gasteiger partial charge on any atom is 0.224 e. The Labute approximate surface area is 124 Å². The van der Waals surface area contributed by atoms with Crippen LogP contribution in [0.15, 0.2) is 18.2 Å². The summed E-state index contributed by atoms with van der Waals surface area (Å²) < 4.78 is 12.8. The van der Waals surface area contributed by atoms with Crippen molar-refractivity contribution in [1.82, 2.24) is 14.8 Å². The molecule has 3 rings (SSSR count). The molecule has 0 spiro atoms. The molecule has 0 unspecified atom stereocenters. The van der Waals surface area contributed by atoms with Crippen molar-refractivity contribution in [3.8, 4) is 11.5 Å². The summed E-state index contributed by atoms with van der Waals surface area (Å²) in [7, 11) is 3.33. The third kappa shape index (κ3) is 2.79. The van der Waals surface area contributed by atoms with E-state index in [9.17, 15) is 0 Å². The molecule has 112 valence electrons. The van der Waals surface area contributed by atoms with Crippen molar-refractivity contribution in [3.05, 3.63) is 29.6 Å². The van der Waals surface area contributed by atoms with Crippen molar-refractivity contribution in [2.75, 3.05) is 19.5 Å². The van der Waals surface area contributed by atoms with Crippen LogP contribution in [-0.2, 0) is 19.5 Å². The summed E-state index contributed by atoms with van der Waals surface area (Å²) in [6, 6.07) is 5.77. The number of hydrogen-bond acceptors (Lipinski definition) is 5. The van der Waals surface area contributed by atoms with E-state index in [-0.39, 0.29) is 0 Å². The molecule has 0 aliphatic carbocycles. The van der Waals surface area contributed by atoms with E-state index in [2.05, 4.69) is 20.1 Å². The van der Waals surface area contributed by atoms with Crippen LogP contribution in [0, 0.1) is 0 Å². The fourth-order valence-corrected chi connectivity index (χ4v) is 2.63. The fourth-order valence-electron chi connectivity index (χ4n) is 2.63. The molecule has 6 nitrogen and oxygen atoms in total. The molecule has 6 heteroatoms. The number of ether oxygens (including phenoxy) is 2. The van der Waals surface area contributed by atoms with Gasteiger partial charge in [-0.25, -0.2) is 0 Å². The lowest BCUT2D eigenvalue weighted by molar-refractivity contribution is 0.399. The van der Waals surface area contributed by atoms with Gasteiger partial charge in [0.15, 0.2) is 0 Å². The van der Waals surface area contributed by atoms with Gasteiger partial charge in [0.25, 0.3) is 0 Å². The van der Waals surface area contributed by atoms with E-state index >= 15 is 0 Å². The highest BCUT2D eigenvalue weighted by atomic mass is 16.5. The zero-order valence-electron chi connectivity index (χ0n) is 12.4. The number of anilines is 1. The van der Waals surface area contributed by atoms with Crippen molar-refractivity contribution in [1.29, 1.82) is 0 Å². The largest absolute Gasteiger partial charge is 0.497 e. The molecule has 21 heavy (non-hydrogen) atoms. The van der Waals surface area contributed by atoms with Crippen LogP contribution >= 0.6 is 0 Å².